The van der Waals surface area contributed by atoms with Crippen molar-refractivity contribution in [3.8, 4) is 28.5 Å². The summed E-state index contributed by atoms with van der Waals surface area (Å²) in [6.45, 7) is 8.35. The number of amides is 1. The first kappa shape index (κ1) is 23.4. The van der Waals surface area contributed by atoms with E-state index in [9.17, 15) is 10.1 Å². The van der Waals surface area contributed by atoms with Gasteiger partial charge in [-0.1, -0.05) is 12.1 Å². The van der Waals surface area contributed by atoms with Crippen molar-refractivity contribution in [3.63, 3.8) is 0 Å². The predicted octanol–water partition coefficient (Wildman–Crippen LogP) is 4.33. The van der Waals surface area contributed by atoms with Crippen LogP contribution in [-0.4, -0.2) is 61.9 Å². The number of anilines is 1. The molecule has 9 nitrogen and oxygen atoms in total. The lowest BCUT2D eigenvalue weighted by Gasteiger charge is -2.36. The van der Waals surface area contributed by atoms with Crippen LogP contribution in [-0.2, 0) is 11.8 Å². The minimum Gasteiger partial charge on any atom is -0.444 e. The quantitative estimate of drug-likeness (QED) is 0.431. The maximum atomic E-state index is 12.4. The first-order chi connectivity index (χ1) is 17.2. The topological polar surface area (TPSA) is 91.7 Å². The average Bonchev–Trinajstić information content (AvgIpc) is 3.48. The monoisotopic (exact) mass is 483 g/mol. The Morgan fingerprint density at radius 1 is 1.00 bits per heavy atom. The van der Waals surface area contributed by atoms with E-state index in [0.717, 1.165) is 41.2 Å². The number of hydrogen-bond acceptors (Lipinski definition) is 6. The normalized spacial score (nSPS) is 14.2. The lowest BCUT2D eigenvalue weighted by Crippen LogP contribution is -2.50. The Labute approximate surface area is 210 Å². The summed E-state index contributed by atoms with van der Waals surface area (Å²) >= 11 is 0. The van der Waals surface area contributed by atoms with E-state index < -0.39 is 5.60 Å². The molecule has 3 aromatic heterocycles. The maximum Gasteiger partial charge on any atom is 0.410 e. The van der Waals surface area contributed by atoms with E-state index in [1.807, 2.05) is 50.7 Å². The van der Waals surface area contributed by atoms with Crippen LogP contribution >= 0.6 is 0 Å². The van der Waals surface area contributed by atoms with Crippen LogP contribution in [0.15, 0.2) is 55.0 Å². The minimum absolute atomic E-state index is 0.261. The maximum absolute atomic E-state index is 12.4. The highest BCUT2D eigenvalue weighted by molar-refractivity contribution is 5.76. The molecule has 1 fully saturated rings. The number of pyridine rings is 1. The van der Waals surface area contributed by atoms with Gasteiger partial charge in [-0.25, -0.2) is 9.78 Å². The highest BCUT2D eigenvalue weighted by atomic mass is 16.6. The lowest BCUT2D eigenvalue weighted by molar-refractivity contribution is 0.0240. The van der Waals surface area contributed by atoms with Crippen molar-refractivity contribution in [2.45, 2.75) is 26.4 Å². The third-order valence-electron chi connectivity index (χ3n) is 6.22. The summed E-state index contributed by atoms with van der Waals surface area (Å²) in [4.78, 5) is 20.9. The smallest absolute Gasteiger partial charge is 0.410 e. The molecule has 0 saturated carbocycles. The van der Waals surface area contributed by atoms with Gasteiger partial charge in [0.2, 0.25) is 0 Å². The average molecular weight is 484 g/mol. The van der Waals surface area contributed by atoms with Crippen LogP contribution in [0, 0.1) is 11.3 Å². The van der Waals surface area contributed by atoms with Gasteiger partial charge < -0.3 is 14.5 Å². The number of carbonyl (C=O) groups is 1. The van der Waals surface area contributed by atoms with Gasteiger partial charge in [0.1, 0.15) is 23.0 Å². The fourth-order valence-corrected chi connectivity index (χ4v) is 4.46. The Morgan fingerprint density at radius 2 is 1.72 bits per heavy atom. The third-order valence-corrected chi connectivity index (χ3v) is 6.22. The molecule has 0 radical (unpaired) electrons. The first-order valence-electron chi connectivity index (χ1n) is 12.0. The summed E-state index contributed by atoms with van der Waals surface area (Å²) in [5, 5.41) is 13.9. The molecule has 184 valence electrons. The number of benzene rings is 1. The number of piperazine rings is 1. The molecule has 1 aromatic carbocycles. The van der Waals surface area contributed by atoms with E-state index in [4.69, 9.17) is 4.74 Å². The zero-order valence-corrected chi connectivity index (χ0v) is 21.0. The van der Waals surface area contributed by atoms with E-state index in [1.165, 1.54) is 0 Å². The molecular weight excluding hydrogens is 454 g/mol. The Balaban J connectivity index is 1.40. The molecule has 0 spiro atoms. The molecule has 1 amide bonds. The summed E-state index contributed by atoms with van der Waals surface area (Å²) in [5.74, 6) is 0. The van der Waals surface area contributed by atoms with Gasteiger partial charge in [0.25, 0.3) is 0 Å². The summed E-state index contributed by atoms with van der Waals surface area (Å²) < 4.78 is 9.16. The van der Waals surface area contributed by atoms with Crippen molar-refractivity contribution in [1.82, 2.24) is 24.1 Å². The number of nitriles is 1. The van der Waals surface area contributed by atoms with E-state index in [0.29, 0.717) is 24.4 Å². The highest BCUT2D eigenvalue weighted by Gasteiger charge is 2.26. The molecular formula is C27H29N7O2. The van der Waals surface area contributed by atoms with Crippen LogP contribution in [0.4, 0.5) is 10.5 Å². The molecule has 36 heavy (non-hydrogen) atoms. The summed E-state index contributed by atoms with van der Waals surface area (Å²) in [6, 6.07) is 14.6. The molecule has 1 aliphatic heterocycles. The van der Waals surface area contributed by atoms with E-state index in [2.05, 4.69) is 51.4 Å². The lowest BCUT2D eigenvalue weighted by atomic mass is 10.0. The Kier molecular flexibility index (Phi) is 5.88. The van der Waals surface area contributed by atoms with Gasteiger partial charge in [-0.2, -0.15) is 10.4 Å². The molecule has 9 heteroatoms. The van der Waals surface area contributed by atoms with E-state index in [-0.39, 0.29) is 6.09 Å². The fourth-order valence-electron chi connectivity index (χ4n) is 4.46. The number of aromatic nitrogens is 4. The molecule has 1 aliphatic rings. The van der Waals surface area contributed by atoms with Gasteiger partial charge in [-0.05, 0) is 56.2 Å². The molecule has 1 saturated heterocycles. The van der Waals surface area contributed by atoms with Crippen molar-refractivity contribution in [3.05, 3.63) is 60.7 Å². The zero-order valence-electron chi connectivity index (χ0n) is 21.0. The predicted molar refractivity (Wildman–Crippen MR) is 138 cm³/mol. The van der Waals surface area contributed by atoms with Crippen LogP contribution in [0.1, 0.15) is 26.5 Å². The number of ether oxygens (including phenoxy) is 1. The van der Waals surface area contributed by atoms with Crippen LogP contribution in [0.3, 0.4) is 0 Å². The second-order valence-corrected chi connectivity index (χ2v) is 9.98. The van der Waals surface area contributed by atoms with Gasteiger partial charge in [0.15, 0.2) is 0 Å². The van der Waals surface area contributed by atoms with Crippen molar-refractivity contribution in [2.75, 3.05) is 31.1 Å². The summed E-state index contributed by atoms with van der Waals surface area (Å²) in [6.07, 6.45) is 5.13. The number of rotatable bonds is 3. The second-order valence-electron chi connectivity index (χ2n) is 9.98. The fraction of sp³-hybridized carbons (Fsp3) is 0.333. The Morgan fingerprint density at radius 3 is 2.33 bits per heavy atom. The van der Waals surface area contributed by atoms with Gasteiger partial charge in [-0.3, -0.25) is 9.08 Å². The summed E-state index contributed by atoms with van der Waals surface area (Å²) in [5.41, 5.74) is 5.65. The van der Waals surface area contributed by atoms with Gasteiger partial charge >= 0.3 is 6.09 Å². The van der Waals surface area contributed by atoms with Crippen molar-refractivity contribution < 1.29 is 9.53 Å². The molecule has 0 N–H and O–H groups in total. The Hall–Kier alpha value is -4.32. The molecule has 4 aromatic rings. The second kappa shape index (κ2) is 9.04. The van der Waals surface area contributed by atoms with Crippen molar-refractivity contribution >= 4 is 17.4 Å². The third kappa shape index (κ3) is 4.62. The molecule has 0 bridgehead atoms. The van der Waals surface area contributed by atoms with Gasteiger partial charge in [0.05, 0.1) is 18.1 Å². The van der Waals surface area contributed by atoms with Crippen LogP contribution in [0.2, 0.25) is 0 Å². The highest BCUT2D eigenvalue weighted by Crippen LogP contribution is 2.31. The first-order valence-corrected chi connectivity index (χ1v) is 12.0. The Bertz CT molecular complexity index is 1450. The molecule has 0 atom stereocenters. The number of carbonyl (C=O) groups excluding carboxylic acids is 1. The molecule has 0 unspecified atom stereocenters. The summed E-state index contributed by atoms with van der Waals surface area (Å²) in [7, 11) is 1.89. The number of fused-ring (bicyclic) bond motifs is 1. The van der Waals surface area contributed by atoms with Crippen LogP contribution in [0.25, 0.3) is 28.0 Å². The number of hydrogen-bond donors (Lipinski definition) is 0. The minimum atomic E-state index is -0.496. The zero-order chi connectivity index (χ0) is 25.4. The standard InChI is InChI=1S/C27H29N7O2/c1-27(2,3)36-26(35)33-11-9-32(10-12-33)22-7-5-19(6-8-22)24-13-20(21-16-30-31(4)18-21)14-25-29-17-23(15-28)34(24)25/h5-8,13-14,16-18H,9-12H2,1-4H3. The van der Waals surface area contributed by atoms with E-state index in [1.54, 1.807) is 15.8 Å². The van der Waals surface area contributed by atoms with Gasteiger partial charge in [-0.15, -0.1) is 0 Å². The number of nitrogens with zero attached hydrogens (tertiary/aromatic N) is 7. The molecule has 0 aliphatic carbocycles. The molecule has 4 heterocycles. The van der Waals surface area contributed by atoms with Crippen LogP contribution in [0.5, 0.6) is 0 Å². The van der Waals surface area contributed by atoms with E-state index >= 15 is 0 Å². The number of aryl methyl sites for hydroxylation is 1. The van der Waals surface area contributed by atoms with Gasteiger partial charge in [0, 0.05) is 50.7 Å². The van der Waals surface area contributed by atoms with Crippen molar-refractivity contribution in [1.29, 1.82) is 5.26 Å². The largest absolute Gasteiger partial charge is 0.444 e. The van der Waals surface area contributed by atoms with Crippen molar-refractivity contribution in [2.24, 2.45) is 7.05 Å². The number of imidazole rings is 1. The van der Waals surface area contributed by atoms with Crippen LogP contribution < -0.4 is 4.90 Å². The molecule has 5 rings (SSSR count). The SMILES string of the molecule is Cn1cc(-c2cc(-c3ccc(N4CCN(C(=O)OC(C)(C)C)CC4)cc3)n3c(C#N)cnc3c2)cn1.